The molecule has 2 rings (SSSR count). The van der Waals surface area contributed by atoms with E-state index >= 15 is 0 Å². The van der Waals surface area contributed by atoms with E-state index in [1.165, 1.54) is 12.1 Å². The molecule has 2 N–H and O–H groups in total. The monoisotopic (exact) mass is 268 g/mol. The summed E-state index contributed by atoms with van der Waals surface area (Å²) in [7, 11) is 0. The number of amides is 1. The number of carbonyl (C=O) groups is 1. The first kappa shape index (κ1) is 13.9. The zero-order valence-corrected chi connectivity index (χ0v) is 10.9. The van der Waals surface area contributed by atoms with Crippen molar-refractivity contribution in [1.29, 1.82) is 0 Å². The highest BCUT2D eigenvalue weighted by atomic mass is 19.1. The van der Waals surface area contributed by atoms with E-state index in [1.54, 1.807) is 4.90 Å². The van der Waals surface area contributed by atoms with Gasteiger partial charge in [0.2, 0.25) is 5.91 Å². The summed E-state index contributed by atoms with van der Waals surface area (Å²) in [5.74, 6) is -1.23. The lowest BCUT2D eigenvalue weighted by atomic mass is 9.98. The van der Waals surface area contributed by atoms with Crippen molar-refractivity contribution in [2.24, 2.45) is 11.7 Å². The molecular weight excluding hydrogens is 250 g/mol. The molecule has 1 saturated heterocycles. The smallest absolute Gasteiger partial charge is 0.225 e. The van der Waals surface area contributed by atoms with Gasteiger partial charge in [0.25, 0.3) is 0 Å². The lowest BCUT2D eigenvalue weighted by molar-refractivity contribution is -0.138. The summed E-state index contributed by atoms with van der Waals surface area (Å²) >= 11 is 0. The Morgan fingerprint density at radius 1 is 1.47 bits per heavy atom. The normalized spacial score (nSPS) is 21.6. The summed E-state index contributed by atoms with van der Waals surface area (Å²) in [6, 6.07) is 2.71. The van der Waals surface area contributed by atoms with Crippen LogP contribution in [0.5, 0.6) is 0 Å². The second-order valence-electron chi connectivity index (χ2n) is 5.10. The van der Waals surface area contributed by atoms with E-state index in [2.05, 4.69) is 0 Å². The van der Waals surface area contributed by atoms with Gasteiger partial charge < -0.3 is 10.6 Å². The first-order chi connectivity index (χ1) is 8.99. The van der Waals surface area contributed by atoms with Gasteiger partial charge in [-0.3, -0.25) is 4.79 Å². The molecule has 1 aromatic rings. The summed E-state index contributed by atoms with van der Waals surface area (Å²) in [5.41, 5.74) is 6.17. The largest absolute Gasteiger partial charge is 0.341 e. The van der Waals surface area contributed by atoms with Crippen LogP contribution in [-0.4, -0.2) is 23.9 Å². The minimum Gasteiger partial charge on any atom is -0.341 e. The van der Waals surface area contributed by atoms with E-state index in [-0.39, 0.29) is 23.9 Å². The zero-order chi connectivity index (χ0) is 14.0. The summed E-state index contributed by atoms with van der Waals surface area (Å²) in [4.78, 5) is 13.6. The van der Waals surface area contributed by atoms with Crippen LogP contribution in [0.25, 0.3) is 0 Å². The van der Waals surface area contributed by atoms with E-state index in [0.29, 0.717) is 6.54 Å². The maximum Gasteiger partial charge on any atom is 0.225 e. The van der Waals surface area contributed by atoms with E-state index in [9.17, 15) is 13.6 Å². The van der Waals surface area contributed by atoms with Crippen LogP contribution in [0.1, 0.15) is 31.4 Å². The van der Waals surface area contributed by atoms with Gasteiger partial charge >= 0.3 is 0 Å². The molecule has 1 aliphatic heterocycles. The third kappa shape index (κ3) is 3.10. The standard InChI is InChI=1S/C14H18F2N2O/c1-9-3-2-6-18(14(9)19)8-13(17)11-5-4-10(15)7-12(11)16/h4-5,7,9,13H,2-3,6,8,17H2,1H3. The predicted molar refractivity (Wildman–Crippen MR) is 68.3 cm³/mol. The molecule has 0 radical (unpaired) electrons. The Bertz CT molecular complexity index is 479. The summed E-state index contributed by atoms with van der Waals surface area (Å²) in [6.07, 6.45) is 1.82. The fraction of sp³-hybridized carbons (Fsp3) is 0.500. The zero-order valence-electron chi connectivity index (χ0n) is 10.9. The first-order valence-electron chi connectivity index (χ1n) is 6.48. The third-order valence-electron chi connectivity index (χ3n) is 3.58. The quantitative estimate of drug-likeness (QED) is 0.913. The van der Waals surface area contributed by atoms with E-state index in [1.807, 2.05) is 6.92 Å². The van der Waals surface area contributed by atoms with Gasteiger partial charge in [0.05, 0.1) is 6.04 Å². The Kier molecular flexibility index (Phi) is 4.14. The molecule has 0 spiro atoms. The topological polar surface area (TPSA) is 46.3 Å². The summed E-state index contributed by atoms with van der Waals surface area (Å²) in [5, 5.41) is 0. The Labute approximate surface area is 111 Å². The minimum atomic E-state index is -0.662. The van der Waals surface area contributed by atoms with Crippen LogP contribution in [0, 0.1) is 17.6 Å². The van der Waals surface area contributed by atoms with Crippen LogP contribution >= 0.6 is 0 Å². The molecule has 104 valence electrons. The van der Waals surface area contributed by atoms with Crippen molar-refractivity contribution < 1.29 is 13.6 Å². The van der Waals surface area contributed by atoms with Gasteiger partial charge in [-0.05, 0) is 18.9 Å². The molecule has 0 saturated carbocycles. The number of hydrogen-bond donors (Lipinski definition) is 1. The van der Waals surface area contributed by atoms with Gasteiger partial charge in [0.1, 0.15) is 11.6 Å². The van der Waals surface area contributed by atoms with Gasteiger partial charge in [-0.2, -0.15) is 0 Å². The summed E-state index contributed by atoms with van der Waals surface area (Å²) < 4.78 is 26.4. The molecule has 19 heavy (non-hydrogen) atoms. The Morgan fingerprint density at radius 3 is 2.89 bits per heavy atom. The molecule has 1 aliphatic rings. The number of benzene rings is 1. The van der Waals surface area contributed by atoms with Crippen molar-refractivity contribution in [3.63, 3.8) is 0 Å². The Hall–Kier alpha value is -1.49. The molecule has 1 fully saturated rings. The van der Waals surface area contributed by atoms with Gasteiger partial charge in [-0.25, -0.2) is 8.78 Å². The van der Waals surface area contributed by atoms with Gasteiger partial charge in [-0.1, -0.05) is 13.0 Å². The van der Waals surface area contributed by atoms with E-state index in [4.69, 9.17) is 5.73 Å². The highest BCUT2D eigenvalue weighted by Crippen LogP contribution is 2.22. The average Bonchev–Trinajstić information content (AvgIpc) is 2.34. The van der Waals surface area contributed by atoms with E-state index < -0.39 is 17.7 Å². The third-order valence-corrected chi connectivity index (χ3v) is 3.58. The predicted octanol–water partition coefficient (Wildman–Crippen LogP) is 2.22. The number of rotatable bonds is 3. The van der Waals surface area contributed by atoms with Crippen molar-refractivity contribution in [1.82, 2.24) is 4.90 Å². The number of carbonyl (C=O) groups excluding carboxylic acids is 1. The first-order valence-corrected chi connectivity index (χ1v) is 6.48. The fourth-order valence-corrected chi connectivity index (χ4v) is 2.45. The number of piperidine rings is 1. The van der Waals surface area contributed by atoms with Gasteiger partial charge in [0.15, 0.2) is 0 Å². The minimum absolute atomic E-state index is 0.000912. The van der Waals surface area contributed by atoms with Crippen LogP contribution in [0.15, 0.2) is 18.2 Å². The fourth-order valence-electron chi connectivity index (χ4n) is 2.45. The number of hydrogen-bond acceptors (Lipinski definition) is 2. The lowest BCUT2D eigenvalue weighted by Crippen LogP contribution is -2.43. The number of likely N-dealkylation sites (tertiary alicyclic amines) is 1. The molecule has 1 heterocycles. The van der Waals surface area contributed by atoms with Crippen molar-refractivity contribution in [3.05, 3.63) is 35.4 Å². The summed E-state index contributed by atoms with van der Waals surface area (Å²) in [6.45, 7) is 2.81. The maximum absolute atomic E-state index is 13.6. The average molecular weight is 268 g/mol. The number of halogens is 2. The molecule has 2 atom stereocenters. The second kappa shape index (κ2) is 5.65. The van der Waals surface area contributed by atoms with Crippen LogP contribution in [0.3, 0.4) is 0 Å². The van der Waals surface area contributed by atoms with Crippen molar-refractivity contribution >= 4 is 5.91 Å². The Morgan fingerprint density at radius 2 is 2.21 bits per heavy atom. The molecule has 2 unspecified atom stereocenters. The number of nitrogens with two attached hydrogens (primary N) is 1. The number of nitrogens with zero attached hydrogens (tertiary/aromatic N) is 1. The lowest BCUT2D eigenvalue weighted by Gasteiger charge is -2.32. The Balaban J connectivity index is 2.08. The van der Waals surface area contributed by atoms with Crippen LogP contribution in [-0.2, 0) is 4.79 Å². The molecule has 0 aliphatic carbocycles. The molecule has 0 aromatic heterocycles. The highest BCUT2D eigenvalue weighted by Gasteiger charge is 2.27. The van der Waals surface area contributed by atoms with Crippen LogP contribution in [0.4, 0.5) is 8.78 Å². The van der Waals surface area contributed by atoms with Crippen molar-refractivity contribution in [2.45, 2.75) is 25.8 Å². The molecule has 3 nitrogen and oxygen atoms in total. The van der Waals surface area contributed by atoms with Crippen molar-refractivity contribution in [3.8, 4) is 0 Å². The van der Waals surface area contributed by atoms with Gasteiger partial charge in [-0.15, -0.1) is 0 Å². The molecule has 5 heteroatoms. The van der Waals surface area contributed by atoms with Crippen LogP contribution < -0.4 is 5.73 Å². The second-order valence-corrected chi connectivity index (χ2v) is 5.10. The maximum atomic E-state index is 13.6. The molecular formula is C14H18F2N2O. The van der Waals surface area contributed by atoms with Crippen molar-refractivity contribution in [2.75, 3.05) is 13.1 Å². The van der Waals surface area contributed by atoms with Gasteiger partial charge in [0, 0.05) is 30.6 Å². The highest BCUT2D eigenvalue weighted by molar-refractivity contribution is 5.79. The van der Waals surface area contributed by atoms with E-state index in [0.717, 1.165) is 18.9 Å². The SMILES string of the molecule is CC1CCCN(CC(N)c2ccc(F)cc2F)C1=O. The molecule has 1 aromatic carbocycles. The van der Waals surface area contributed by atoms with Crippen LogP contribution in [0.2, 0.25) is 0 Å². The molecule has 1 amide bonds. The molecule has 0 bridgehead atoms.